The summed E-state index contributed by atoms with van der Waals surface area (Å²) in [6, 6.07) is 12.3. The summed E-state index contributed by atoms with van der Waals surface area (Å²) < 4.78 is 52.1. The molecule has 1 N–H and O–H groups in total. The van der Waals surface area contributed by atoms with Crippen molar-refractivity contribution in [3.05, 3.63) is 60.2 Å². The zero-order valence-electron chi connectivity index (χ0n) is 11.6. The maximum Gasteiger partial charge on any atom is 0.240 e. The quantitative estimate of drug-likeness (QED) is 0.619. The largest absolute Gasteiger partial charge is 0.240 e. The molecule has 0 fully saturated rings. The van der Waals surface area contributed by atoms with E-state index in [4.69, 9.17) is 0 Å². The van der Waals surface area contributed by atoms with E-state index in [1.807, 2.05) is 30.3 Å². The highest BCUT2D eigenvalue weighted by molar-refractivity contribution is 7.99. The van der Waals surface area contributed by atoms with Crippen LogP contribution in [0.15, 0.2) is 58.3 Å². The lowest BCUT2D eigenvalue weighted by atomic mass is 10.3. The second-order valence-electron chi connectivity index (χ2n) is 4.49. The molecule has 2 rings (SSSR count). The van der Waals surface area contributed by atoms with E-state index in [2.05, 4.69) is 4.72 Å². The van der Waals surface area contributed by atoms with Crippen molar-refractivity contribution in [3.8, 4) is 0 Å². The topological polar surface area (TPSA) is 46.2 Å². The molecule has 0 saturated carbocycles. The number of benzene rings is 2. The molecule has 0 amide bonds. The van der Waals surface area contributed by atoms with Gasteiger partial charge >= 0.3 is 0 Å². The molecule has 0 unspecified atom stereocenters. The Morgan fingerprint density at radius 2 is 1.73 bits per heavy atom. The number of thioether (sulfide) groups is 1. The Labute approximate surface area is 132 Å². The molecule has 0 aliphatic rings. The van der Waals surface area contributed by atoms with Crippen LogP contribution in [0, 0.1) is 11.6 Å². The first kappa shape index (κ1) is 16.9. The molecule has 0 heterocycles. The molecule has 118 valence electrons. The van der Waals surface area contributed by atoms with Gasteiger partial charge in [0, 0.05) is 11.4 Å². The molecule has 0 spiro atoms. The third kappa shape index (κ3) is 4.79. The molecular formula is C15H15F2NO2S2. The monoisotopic (exact) mass is 343 g/mol. The number of sulfonamides is 1. The maximum atomic E-state index is 13.1. The lowest BCUT2D eigenvalue weighted by molar-refractivity contribution is 0.504. The molecular weight excluding hydrogens is 328 g/mol. The molecule has 22 heavy (non-hydrogen) atoms. The van der Waals surface area contributed by atoms with E-state index < -0.39 is 21.7 Å². The molecule has 0 bridgehead atoms. The predicted octanol–water partition coefficient (Wildman–Crippen LogP) is 3.43. The van der Waals surface area contributed by atoms with Crippen LogP contribution in [0.1, 0.15) is 6.42 Å². The summed E-state index contributed by atoms with van der Waals surface area (Å²) in [5.74, 6) is -1.50. The summed E-state index contributed by atoms with van der Waals surface area (Å²) >= 11 is 1.63. The number of halogens is 2. The zero-order valence-corrected chi connectivity index (χ0v) is 13.3. The lowest BCUT2D eigenvalue weighted by Gasteiger charge is -2.07. The van der Waals surface area contributed by atoms with E-state index >= 15 is 0 Å². The van der Waals surface area contributed by atoms with Crippen LogP contribution in [0.4, 0.5) is 8.78 Å². The van der Waals surface area contributed by atoms with Gasteiger partial charge in [0.15, 0.2) is 11.6 Å². The molecule has 2 aromatic rings. The van der Waals surface area contributed by atoms with Gasteiger partial charge in [-0.3, -0.25) is 0 Å². The average Bonchev–Trinajstić information content (AvgIpc) is 2.50. The van der Waals surface area contributed by atoms with E-state index in [0.717, 1.165) is 22.8 Å². The molecule has 3 nitrogen and oxygen atoms in total. The van der Waals surface area contributed by atoms with Crippen molar-refractivity contribution in [1.29, 1.82) is 0 Å². The molecule has 0 aromatic heterocycles. The van der Waals surface area contributed by atoms with Crippen LogP contribution < -0.4 is 4.72 Å². The van der Waals surface area contributed by atoms with Gasteiger partial charge in [-0.1, -0.05) is 18.2 Å². The second-order valence-corrected chi connectivity index (χ2v) is 7.42. The van der Waals surface area contributed by atoms with Crippen LogP contribution in [-0.4, -0.2) is 20.7 Å². The summed E-state index contributed by atoms with van der Waals surface area (Å²) in [4.78, 5) is 0.841. The van der Waals surface area contributed by atoms with Crippen LogP contribution in [0.5, 0.6) is 0 Å². The minimum Gasteiger partial charge on any atom is -0.211 e. The van der Waals surface area contributed by atoms with Crippen molar-refractivity contribution >= 4 is 21.8 Å². The van der Waals surface area contributed by atoms with Gasteiger partial charge in [0.2, 0.25) is 10.0 Å². The Kier molecular flexibility index (Phi) is 5.93. The fourth-order valence-corrected chi connectivity index (χ4v) is 3.67. The van der Waals surface area contributed by atoms with Gasteiger partial charge in [0.25, 0.3) is 0 Å². The second kappa shape index (κ2) is 7.71. The van der Waals surface area contributed by atoms with Crippen molar-refractivity contribution < 1.29 is 17.2 Å². The Morgan fingerprint density at radius 1 is 1.00 bits per heavy atom. The molecule has 2 aromatic carbocycles. The number of hydrogen-bond donors (Lipinski definition) is 1. The van der Waals surface area contributed by atoms with Gasteiger partial charge in [-0.15, -0.1) is 11.8 Å². The van der Waals surface area contributed by atoms with E-state index in [0.29, 0.717) is 12.5 Å². The van der Waals surface area contributed by atoms with Gasteiger partial charge < -0.3 is 0 Å². The van der Waals surface area contributed by atoms with E-state index in [9.17, 15) is 17.2 Å². The molecule has 0 aliphatic carbocycles. The van der Waals surface area contributed by atoms with Gasteiger partial charge in [-0.25, -0.2) is 21.9 Å². The highest BCUT2D eigenvalue weighted by Gasteiger charge is 2.15. The first-order valence-electron chi connectivity index (χ1n) is 6.61. The smallest absolute Gasteiger partial charge is 0.211 e. The van der Waals surface area contributed by atoms with Crippen LogP contribution in [0.2, 0.25) is 0 Å². The highest BCUT2D eigenvalue weighted by Crippen LogP contribution is 2.18. The van der Waals surface area contributed by atoms with Gasteiger partial charge in [0.1, 0.15) is 0 Å². The number of hydrogen-bond acceptors (Lipinski definition) is 3. The fourth-order valence-electron chi connectivity index (χ4n) is 1.71. The van der Waals surface area contributed by atoms with Gasteiger partial charge in [-0.2, -0.15) is 0 Å². The number of rotatable bonds is 7. The predicted molar refractivity (Wildman–Crippen MR) is 83.3 cm³/mol. The number of nitrogens with one attached hydrogen (secondary N) is 1. The summed E-state index contributed by atoms with van der Waals surface area (Å²) in [5, 5.41) is 0. The summed E-state index contributed by atoms with van der Waals surface area (Å²) in [7, 11) is -3.81. The Hall–Kier alpha value is -1.44. The third-order valence-electron chi connectivity index (χ3n) is 2.83. The molecule has 0 saturated heterocycles. The molecule has 0 atom stereocenters. The zero-order chi connectivity index (χ0) is 16.0. The summed E-state index contributed by atoms with van der Waals surface area (Å²) in [6.45, 7) is 0.237. The van der Waals surface area contributed by atoms with Crippen LogP contribution in [0.25, 0.3) is 0 Å². The summed E-state index contributed by atoms with van der Waals surface area (Å²) in [5.41, 5.74) is 0. The van der Waals surface area contributed by atoms with Gasteiger partial charge in [-0.05, 0) is 42.5 Å². The van der Waals surface area contributed by atoms with Crippen LogP contribution in [-0.2, 0) is 10.0 Å². The molecule has 0 aliphatic heterocycles. The standard InChI is InChI=1S/C15H15F2NO2S2/c16-14-8-7-13(11-15(14)17)22(19,20)18-9-4-10-21-12-5-2-1-3-6-12/h1-3,5-8,11,18H,4,9-10H2. The van der Waals surface area contributed by atoms with Crippen molar-refractivity contribution in [2.45, 2.75) is 16.2 Å². The Morgan fingerprint density at radius 3 is 2.41 bits per heavy atom. The lowest BCUT2D eigenvalue weighted by Crippen LogP contribution is -2.25. The van der Waals surface area contributed by atoms with E-state index in [1.165, 1.54) is 0 Å². The summed E-state index contributed by atoms with van der Waals surface area (Å²) in [6.07, 6.45) is 0.627. The van der Waals surface area contributed by atoms with Crippen molar-refractivity contribution in [2.75, 3.05) is 12.3 Å². The fraction of sp³-hybridized carbons (Fsp3) is 0.200. The molecule has 0 radical (unpaired) electrons. The highest BCUT2D eigenvalue weighted by atomic mass is 32.2. The average molecular weight is 343 g/mol. The van der Waals surface area contributed by atoms with Gasteiger partial charge in [0.05, 0.1) is 4.90 Å². The van der Waals surface area contributed by atoms with E-state index in [-0.39, 0.29) is 11.4 Å². The maximum absolute atomic E-state index is 13.1. The van der Waals surface area contributed by atoms with Crippen molar-refractivity contribution in [1.82, 2.24) is 4.72 Å². The molecule has 7 heteroatoms. The Balaban J connectivity index is 1.81. The third-order valence-corrected chi connectivity index (χ3v) is 5.38. The van der Waals surface area contributed by atoms with Crippen LogP contribution in [0.3, 0.4) is 0 Å². The van der Waals surface area contributed by atoms with Crippen molar-refractivity contribution in [3.63, 3.8) is 0 Å². The van der Waals surface area contributed by atoms with Crippen LogP contribution >= 0.6 is 11.8 Å². The SMILES string of the molecule is O=S(=O)(NCCCSc1ccccc1)c1ccc(F)c(F)c1. The minimum atomic E-state index is -3.81. The minimum absolute atomic E-state index is 0.237. The van der Waals surface area contributed by atoms with E-state index in [1.54, 1.807) is 11.8 Å². The first-order valence-corrected chi connectivity index (χ1v) is 9.08. The Bertz CT molecular complexity index is 722. The first-order chi connectivity index (χ1) is 10.5. The normalized spacial score (nSPS) is 11.5. The van der Waals surface area contributed by atoms with Crippen molar-refractivity contribution in [2.24, 2.45) is 0 Å².